The number of nitrogens with one attached hydrogen (secondary N) is 1. The maximum atomic E-state index is 12.4. The lowest BCUT2D eigenvalue weighted by atomic mass is 10.2. The summed E-state index contributed by atoms with van der Waals surface area (Å²) in [4.78, 5) is 18.3. The first kappa shape index (κ1) is 18.1. The van der Waals surface area contributed by atoms with Gasteiger partial charge in [-0.05, 0) is 49.7 Å². The second kappa shape index (κ2) is 7.25. The minimum absolute atomic E-state index is 0.0944. The molecule has 0 saturated carbocycles. The number of likely N-dealkylation sites (tertiary alicyclic amines) is 1. The molecule has 136 valence electrons. The molecule has 1 aromatic heterocycles. The van der Waals surface area contributed by atoms with Gasteiger partial charge in [0.1, 0.15) is 11.5 Å². The summed E-state index contributed by atoms with van der Waals surface area (Å²) in [6.07, 6.45) is 1.57. The summed E-state index contributed by atoms with van der Waals surface area (Å²) in [6, 6.07) is 11.1. The summed E-state index contributed by atoms with van der Waals surface area (Å²) in [5.74, 6) is 0.227. The summed E-state index contributed by atoms with van der Waals surface area (Å²) in [7, 11) is -1.93. The Kier molecular flexibility index (Phi) is 5.03. The molecule has 1 N–H and O–H groups in total. The number of aromatic nitrogens is 1. The molecule has 1 fully saturated rings. The Balaban J connectivity index is 1.75. The van der Waals surface area contributed by atoms with Gasteiger partial charge in [-0.25, -0.2) is 4.98 Å². The van der Waals surface area contributed by atoms with E-state index >= 15 is 0 Å². The van der Waals surface area contributed by atoms with Gasteiger partial charge >= 0.3 is 0 Å². The number of aryl methyl sites for hydroxylation is 1. The molecule has 0 bridgehead atoms. The molecule has 1 aliphatic rings. The molecule has 1 aliphatic heterocycles. The number of anilines is 1. The number of amides is 1. The van der Waals surface area contributed by atoms with Crippen molar-refractivity contribution in [2.75, 3.05) is 18.9 Å². The van der Waals surface area contributed by atoms with Crippen LogP contribution in [-0.2, 0) is 10.0 Å². The molecule has 1 saturated heterocycles. The molecule has 0 aliphatic carbocycles. The first-order chi connectivity index (χ1) is 12.3. The number of amidine groups is 1. The van der Waals surface area contributed by atoms with Gasteiger partial charge in [0.25, 0.3) is 15.9 Å². The topological polar surface area (TPSA) is 91.7 Å². The highest BCUT2D eigenvalue weighted by Gasteiger charge is 2.20. The van der Waals surface area contributed by atoms with Gasteiger partial charge in [-0.2, -0.15) is 8.42 Å². The number of hydrogen-bond acceptors (Lipinski definition) is 4. The second-order valence-electron chi connectivity index (χ2n) is 6.15. The molecule has 8 heteroatoms. The molecular weight excluding hydrogens is 352 g/mol. The van der Waals surface area contributed by atoms with Crippen molar-refractivity contribution in [3.8, 4) is 0 Å². The van der Waals surface area contributed by atoms with Gasteiger partial charge in [-0.15, -0.1) is 4.40 Å². The fourth-order valence-electron chi connectivity index (χ4n) is 2.68. The van der Waals surface area contributed by atoms with E-state index < -0.39 is 10.0 Å². The first-order valence-corrected chi connectivity index (χ1v) is 9.69. The third-order valence-electron chi connectivity index (χ3n) is 4.09. The maximum absolute atomic E-state index is 12.4. The monoisotopic (exact) mass is 372 g/mol. The van der Waals surface area contributed by atoms with Crippen LogP contribution in [0.2, 0.25) is 0 Å². The molecule has 0 spiro atoms. The van der Waals surface area contributed by atoms with Gasteiger partial charge in [0.2, 0.25) is 0 Å². The van der Waals surface area contributed by atoms with Crippen molar-refractivity contribution in [2.24, 2.45) is 4.40 Å². The van der Waals surface area contributed by atoms with Crippen molar-refractivity contribution >= 4 is 27.5 Å². The number of benzene rings is 1. The van der Waals surface area contributed by atoms with Gasteiger partial charge in [0.05, 0.1) is 4.90 Å². The Bertz CT molecular complexity index is 953. The predicted octanol–water partition coefficient (Wildman–Crippen LogP) is 2.46. The highest BCUT2D eigenvalue weighted by molar-refractivity contribution is 7.90. The minimum Gasteiger partial charge on any atom is -0.362 e. The summed E-state index contributed by atoms with van der Waals surface area (Å²) in [5, 5.41) is 2.70. The molecule has 0 unspecified atom stereocenters. The molecule has 0 radical (unpaired) electrons. The van der Waals surface area contributed by atoms with Gasteiger partial charge in [-0.1, -0.05) is 6.07 Å². The zero-order chi connectivity index (χ0) is 18.7. The van der Waals surface area contributed by atoms with Crippen molar-refractivity contribution in [1.82, 2.24) is 9.88 Å². The van der Waals surface area contributed by atoms with E-state index in [0.29, 0.717) is 23.6 Å². The lowest BCUT2D eigenvalue weighted by Gasteiger charge is -2.11. The third kappa shape index (κ3) is 4.08. The van der Waals surface area contributed by atoms with Gasteiger partial charge < -0.3 is 10.2 Å². The number of rotatable bonds is 4. The largest absolute Gasteiger partial charge is 0.362 e. The molecule has 1 aromatic carbocycles. The average Bonchev–Trinajstić information content (AvgIpc) is 2.99. The fraction of sp³-hybridized carbons (Fsp3) is 0.278. The lowest BCUT2D eigenvalue weighted by Crippen LogP contribution is -2.20. The van der Waals surface area contributed by atoms with E-state index in [9.17, 15) is 13.2 Å². The molecular formula is C18H20N4O3S. The van der Waals surface area contributed by atoms with Crippen molar-refractivity contribution in [1.29, 1.82) is 0 Å². The van der Waals surface area contributed by atoms with E-state index in [2.05, 4.69) is 14.7 Å². The second-order valence-corrected chi connectivity index (χ2v) is 7.75. The molecule has 0 atom stereocenters. The molecule has 7 nitrogen and oxygen atoms in total. The molecule has 2 aromatic rings. The number of nitrogens with zero attached hydrogens (tertiary/aromatic N) is 3. The van der Waals surface area contributed by atoms with E-state index in [1.807, 2.05) is 11.9 Å². The van der Waals surface area contributed by atoms with Gasteiger partial charge in [-0.3, -0.25) is 4.79 Å². The van der Waals surface area contributed by atoms with Crippen molar-refractivity contribution in [3.05, 3.63) is 53.9 Å². The smallest absolute Gasteiger partial charge is 0.283 e. The van der Waals surface area contributed by atoms with Crippen molar-refractivity contribution in [2.45, 2.75) is 24.7 Å². The lowest BCUT2D eigenvalue weighted by molar-refractivity contribution is 0.102. The summed E-state index contributed by atoms with van der Waals surface area (Å²) in [6.45, 7) is 2.62. The maximum Gasteiger partial charge on any atom is 0.283 e. The van der Waals surface area contributed by atoms with E-state index in [1.54, 1.807) is 37.3 Å². The Hall–Kier alpha value is -2.74. The zero-order valence-electron chi connectivity index (χ0n) is 14.6. The quantitative estimate of drug-likeness (QED) is 0.890. The van der Waals surface area contributed by atoms with Gasteiger partial charge in [0, 0.05) is 31.4 Å². The molecule has 26 heavy (non-hydrogen) atoms. The molecule has 1 amide bonds. The van der Waals surface area contributed by atoms with Crippen LogP contribution in [0.25, 0.3) is 0 Å². The van der Waals surface area contributed by atoms with Crippen LogP contribution in [-0.4, -0.2) is 43.6 Å². The first-order valence-electron chi connectivity index (χ1n) is 8.25. The highest BCUT2D eigenvalue weighted by Crippen LogP contribution is 2.19. The van der Waals surface area contributed by atoms with Crippen molar-refractivity contribution < 1.29 is 13.2 Å². The Morgan fingerprint density at radius 3 is 2.54 bits per heavy atom. The van der Waals surface area contributed by atoms with Crippen LogP contribution >= 0.6 is 0 Å². The highest BCUT2D eigenvalue weighted by atomic mass is 32.2. The van der Waals surface area contributed by atoms with Gasteiger partial charge in [0.15, 0.2) is 0 Å². The van der Waals surface area contributed by atoms with E-state index in [-0.39, 0.29) is 10.8 Å². The number of carbonyl (C=O) groups excluding carboxylic acids is 1. The third-order valence-corrected chi connectivity index (χ3v) is 5.41. The summed E-state index contributed by atoms with van der Waals surface area (Å²) in [5.41, 5.74) is 1.54. The fourth-order valence-corrected chi connectivity index (χ4v) is 3.77. The normalized spacial score (nSPS) is 16.1. The van der Waals surface area contributed by atoms with Crippen LogP contribution in [0.5, 0.6) is 0 Å². The predicted molar refractivity (Wildman–Crippen MR) is 99.9 cm³/mol. The average molecular weight is 372 g/mol. The minimum atomic E-state index is -3.76. The Morgan fingerprint density at radius 2 is 1.92 bits per heavy atom. The number of carbonyl (C=O) groups is 1. The van der Waals surface area contributed by atoms with Crippen LogP contribution in [0, 0.1) is 6.92 Å². The number of hydrogen-bond donors (Lipinski definition) is 1. The van der Waals surface area contributed by atoms with Crippen LogP contribution < -0.4 is 5.32 Å². The molecule has 3 rings (SSSR count). The van der Waals surface area contributed by atoms with Crippen LogP contribution in [0.1, 0.15) is 29.0 Å². The SMILES string of the molecule is Cc1cccc(C(=O)Nc2ccc(S(=O)(=O)/N=C3/CCCN3C)cc2)n1. The Labute approximate surface area is 152 Å². The van der Waals surface area contributed by atoms with Crippen LogP contribution in [0.3, 0.4) is 0 Å². The number of sulfonamides is 1. The van der Waals surface area contributed by atoms with E-state index in [4.69, 9.17) is 0 Å². The van der Waals surface area contributed by atoms with Crippen molar-refractivity contribution in [3.63, 3.8) is 0 Å². The van der Waals surface area contributed by atoms with Crippen LogP contribution in [0.15, 0.2) is 51.8 Å². The number of pyridine rings is 1. The van der Waals surface area contributed by atoms with E-state index in [0.717, 1.165) is 18.7 Å². The summed E-state index contributed by atoms with van der Waals surface area (Å²) >= 11 is 0. The van der Waals surface area contributed by atoms with Crippen LogP contribution in [0.4, 0.5) is 5.69 Å². The Morgan fingerprint density at radius 1 is 1.19 bits per heavy atom. The molecule has 2 heterocycles. The summed E-state index contributed by atoms with van der Waals surface area (Å²) < 4.78 is 28.8. The zero-order valence-corrected chi connectivity index (χ0v) is 15.5. The van der Waals surface area contributed by atoms with E-state index in [1.165, 1.54) is 12.1 Å². The standard InChI is InChI=1S/C18H20N4O3S/c1-13-5-3-6-16(19-13)18(23)20-14-8-10-15(11-9-14)26(24,25)21-17-7-4-12-22(17)2/h3,5-6,8-11H,4,7,12H2,1-2H3,(H,20,23)/b21-17-.